The lowest BCUT2D eigenvalue weighted by Crippen LogP contribution is -2.35. The summed E-state index contributed by atoms with van der Waals surface area (Å²) in [5.41, 5.74) is 4.08. The average molecular weight is 387 g/mol. The molecule has 2 aromatic rings. The monoisotopic (exact) mass is 386 g/mol. The van der Waals surface area contributed by atoms with E-state index in [0.29, 0.717) is 18.1 Å². The normalized spacial score (nSPS) is 10.5. The number of carbonyl (C=O) groups excluding carboxylic acids is 2. The minimum absolute atomic E-state index is 0.0514. The highest BCUT2D eigenvalue weighted by Gasteiger charge is 2.19. The molecule has 0 radical (unpaired) electrons. The first-order valence-corrected chi connectivity index (χ1v) is 9.74. The van der Waals surface area contributed by atoms with Crippen LogP contribution >= 0.6 is 11.6 Å². The lowest BCUT2D eigenvalue weighted by molar-refractivity contribution is -0.121. The largest absolute Gasteiger partial charge is 0.352 e. The molecule has 2 aromatic carbocycles. The Kier molecular flexibility index (Phi) is 7.86. The molecule has 0 aliphatic heterocycles. The standard InChI is InChI=1S/C22H27ClN2O2/c1-4-17-10-8-11-18(5-2)22(17)25(16(3)26)14-13-21(27)24-15-19-9-6-7-12-20(19)23/h6-12H,4-5,13-15H2,1-3H3,(H,24,27). The van der Waals surface area contributed by atoms with Crippen LogP contribution in [0.3, 0.4) is 0 Å². The first-order chi connectivity index (χ1) is 13.0. The van der Waals surface area contributed by atoms with Gasteiger partial charge in [-0.25, -0.2) is 0 Å². The van der Waals surface area contributed by atoms with Crippen molar-refractivity contribution in [2.45, 2.75) is 46.6 Å². The number of para-hydroxylation sites is 1. The molecule has 0 aliphatic carbocycles. The number of aryl methyl sites for hydroxylation is 2. The summed E-state index contributed by atoms with van der Waals surface area (Å²) in [5, 5.41) is 3.51. The van der Waals surface area contributed by atoms with Crippen LogP contribution in [0.15, 0.2) is 42.5 Å². The fourth-order valence-corrected chi connectivity index (χ4v) is 3.33. The molecule has 2 rings (SSSR count). The maximum atomic E-state index is 12.3. The van der Waals surface area contributed by atoms with Crippen LogP contribution in [0.2, 0.25) is 5.02 Å². The first kappa shape index (κ1) is 21.0. The van der Waals surface area contributed by atoms with E-state index in [1.165, 1.54) is 0 Å². The van der Waals surface area contributed by atoms with E-state index in [1.54, 1.807) is 17.9 Å². The van der Waals surface area contributed by atoms with Crippen LogP contribution in [-0.4, -0.2) is 18.4 Å². The number of halogens is 1. The minimum Gasteiger partial charge on any atom is -0.352 e. The van der Waals surface area contributed by atoms with Gasteiger partial charge in [0.1, 0.15) is 0 Å². The molecule has 2 amide bonds. The topological polar surface area (TPSA) is 49.4 Å². The third-order valence-electron chi connectivity index (χ3n) is 4.61. The van der Waals surface area contributed by atoms with Gasteiger partial charge in [0.05, 0.1) is 0 Å². The van der Waals surface area contributed by atoms with Crippen LogP contribution in [0.1, 0.15) is 43.9 Å². The Balaban J connectivity index is 2.06. The molecule has 0 heterocycles. The average Bonchev–Trinajstić information content (AvgIpc) is 2.67. The van der Waals surface area contributed by atoms with E-state index in [1.807, 2.05) is 36.4 Å². The van der Waals surface area contributed by atoms with Crippen LogP contribution in [0, 0.1) is 0 Å². The van der Waals surface area contributed by atoms with Gasteiger partial charge in [-0.1, -0.05) is 61.8 Å². The Bertz CT molecular complexity index is 782. The summed E-state index contributed by atoms with van der Waals surface area (Å²) >= 11 is 6.12. The van der Waals surface area contributed by atoms with Gasteiger partial charge in [-0.05, 0) is 35.6 Å². The molecule has 5 heteroatoms. The van der Waals surface area contributed by atoms with Gasteiger partial charge in [0.25, 0.3) is 0 Å². The molecule has 4 nitrogen and oxygen atoms in total. The number of rotatable bonds is 8. The van der Waals surface area contributed by atoms with E-state index in [2.05, 4.69) is 19.2 Å². The highest BCUT2D eigenvalue weighted by molar-refractivity contribution is 6.31. The lowest BCUT2D eigenvalue weighted by atomic mass is 10.0. The number of amides is 2. The molecule has 0 spiro atoms. The third kappa shape index (κ3) is 5.57. The molecular formula is C22H27ClN2O2. The second kappa shape index (κ2) is 10.1. The van der Waals surface area contributed by atoms with E-state index >= 15 is 0 Å². The Morgan fingerprint density at radius 3 is 2.11 bits per heavy atom. The number of anilines is 1. The number of nitrogens with zero attached hydrogens (tertiary/aromatic N) is 1. The van der Waals surface area contributed by atoms with Crippen molar-refractivity contribution in [1.29, 1.82) is 0 Å². The summed E-state index contributed by atoms with van der Waals surface area (Å²) in [6.07, 6.45) is 1.92. The summed E-state index contributed by atoms with van der Waals surface area (Å²) in [5.74, 6) is -0.155. The second-order valence-electron chi connectivity index (χ2n) is 6.42. The van der Waals surface area contributed by atoms with E-state index in [9.17, 15) is 9.59 Å². The highest BCUT2D eigenvalue weighted by Crippen LogP contribution is 2.27. The molecule has 27 heavy (non-hydrogen) atoms. The smallest absolute Gasteiger partial charge is 0.223 e. The maximum absolute atomic E-state index is 12.3. The number of benzene rings is 2. The Hall–Kier alpha value is -2.33. The van der Waals surface area contributed by atoms with E-state index in [-0.39, 0.29) is 18.2 Å². The number of nitrogens with one attached hydrogen (secondary N) is 1. The molecule has 144 valence electrons. The molecule has 0 saturated carbocycles. The van der Waals surface area contributed by atoms with Gasteiger partial charge in [0, 0.05) is 37.1 Å². The van der Waals surface area contributed by atoms with Gasteiger partial charge < -0.3 is 10.2 Å². The van der Waals surface area contributed by atoms with Gasteiger partial charge in [0.2, 0.25) is 11.8 Å². The van der Waals surface area contributed by atoms with Gasteiger partial charge in [-0.3, -0.25) is 9.59 Å². The predicted molar refractivity (Wildman–Crippen MR) is 111 cm³/mol. The highest BCUT2D eigenvalue weighted by atomic mass is 35.5. The molecule has 0 fully saturated rings. The van der Waals surface area contributed by atoms with Crippen molar-refractivity contribution in [2.75, 3.05) is 11.4 Å². The molecule has 0 unspecified atom stereocenters. The Morgan fingerprint density at radius 2 is 1.56 bits per heavy atom. The molecular weight excluding hydrogens is 360 g/mol. The van der Waals surface area contributed by atoms with Crippen LogP contribution in [0.4, 0.5) is 5.69 Å². The van der Waals surface area contributed by atoms with Crippen LogP contribution < -0.4 is 10.2 Å². The number of carbonyl (C=O) groups is 2. The molecule has 1 N–H and O–H groups in total. The SMILES string of the molecule is CCc1cccc(CC)c1N(CCC(=O)NCc1ccccc1Cl)C(C)=O. The van der Waals surface area contributed by atoms with Gasteiger partial charge in [0.15, 0.2) is 0 Å². The van der Waals surface area contributed by atoms with Crippen LogP contribution in [-0.2, 0) is 29.0 Å². The molecule has 0 saturated heterocycles. The van der Waals surface area contributed by atoms with E-state index in [4.69, 9.17) is 11.6 Å². The fraction of sp³-hybridized carbons (Fsp3) is 0.364. The number of hydrogen-bond donors (Lipinski definition) is 1. The second-order valence-corrected chi connectivity index (χ2v) is 6.83. The quantitative estimate of drug-likeness (QED) is 0.724. The summed E-state index contributed by atoms with van der Waals surface area (Å²) < 4.78 is 0. The third-order valence-corrected chi connectivity index (χ3v) is 4.98. The first-order valence-electron chi connectivity index (χ1n) is 9.36. The maximum Gasteiger partial charge on any atom is 0.223 e. The van der Waals surface area contributed by atoms with Crippen LogP contribution in [0.25, 0.3) is 0 Å². The van der Waals surface area contributed by atoms with Gasteiger partial charge in [-0.2, -0.15) is 0 Å². The summed E-state index contributed by atoms with van der Waals surface area (Å²) in [7, 11) is 0. The number of hydrogen-bond acceptors (Lipinski definition) is 2. The van der Waals surface area contributed by atoms with Crippen molar-refractivity contribution >= 4 is 29.1 Å². The summed E-state index contributed by atoms with van der Waals surface area (Å²) in [6.45, 7) is 6.44. The van der Waals surface area contributed by atoms with Crippen molar-refractivity contribution in [3.8, 4) is 0 Å². The van der Waals surface area contributed by atoms with Crippen molar-refractivity contribution in [2.24, 2.45) is 0 Å². The summed E-state index contributed by atoms with van der Waals surface area (Å²) in [6, 6.07) is 13.5. The van der Waals surface area contributed by atoms with Crippen molar-refractivity contribution in [3.05, 3.63) is 64.2 Å². The summed E-state index contributed by atoms with van der Waals surface area (Å²) in [4.78, 5) is 26.3. The molecule has 0 aromatic heterocycles. The zero-order valence-corrected chi connectivity index (χ0v) is 17.0. The molecule has 0 bridgehead atoms. The zero-order chi connectivity index (χ0) is 19.8. The van der Waals surface area contributed by atoms with Crippen LogP contribution in [0.5, 0.6) is 0 Å². The zero-order valence-electron chi connectivity index (χ0n) is 16.2. The minimum atomic E-state index is -0.104. The lowest BCUT2D eigenvalue weighted by Gasteiger charge is -2.26. The predicted octanol–water partition coefficient (Wildman–Crippen LogP) is 4.52. The molecule has 0 aliphatic rings. The van der Waals surface area contributed by atoms with Crippen molar-refractivity contribution in [1.82, 2.24) is 5.32 Å². The Labute approximate surface area is 166 Å². The van der Waals surface area contributed by atoms with Crippen molar-refractivity contribution in [3.63, 3.8) is 0 Å². The fourth-order valence-electron chi connectivity index (χ4n) is 3.13. The Morgan fingerprint density at radius 1 is 0.963 bits per heavy atom. The van der Waals surface area contributed by atoms with E-state index in [0.717, 1.165) is 35.2 Å². The molecule has 0 atom stereocenters. The van der Waals surface area contributed by atoms with Gasteiger partial charge >= 0.3 is 0 Å². The van der Waals surface area contributed by atoms with Gasteiger partial charge in [-0.15, -0.1) is 0 Å². The van der Waals surface area contributed by atoms with Crippen molar-refractivity contribution < 1.29 is 9.59 Å². The van der Waals surface area contributed by atoms with E-state index < -0.39 is 0 Å².